The Kier molecular flexibility index (Phi) is 6.36. The van der Waals surface area contributed by atoms with Gasteiger partial charge < -0.3 is 13.8 Å². The monoisotopic (exact) mass is 336 g/mol. The molecule has 1 aromatic carbocycles. The average molecular weight is 337 g/mol. The second-order valence-electron chi connectivity index (χ2n) is 3.53. The molecule has 0 atom stereocenters. The lowest BCUT2D eigenvalue weighted by atomic mass is 10.2. The van der Waals surface area contributed by atoms with Crippen LogP contribution in [0, 0.1) is 0 Å². The molecule has 1 aromatic rings. The third-order valence-electron chi connectivity index (χ3n) is 2.30. The first-order valence-electron chi connectivity index (χ1n) is 5.75. The van der Waals surface area contributed by atoms with Crippen molar-refractivity contribution in [3.8, 4) is 5.75 Å². The van der Waals surface area contributed by atoms with Gasteiger partial charge in [-0.1, -0.05) is 22.0 Å². The molecular weight excluding hydrogens is 319 g/mol. The third kappa shape index (κ3) is 4.09. The van der Waals surface area contributed by atoms with Crippen LogP contribution in [0.2, 0.25) is 0 Å². The quantitative estimate of drug-likeness (QED) is 0.699. The van der Waals surface area contributed by atoms with Gasteiger partial charge in [-0.2, -0.15) is 0 Å². The predicted molar refractivity (Wildman–Crippen MR) is 75.3 cm³/mol. The summed E-state index contributed by atoms with van der Waals surface area (Å²) >= 11 is 3.43. The molecule has 0 bridgehead atoms. The fourth-order valence-electron chi connectivity index (χ4n) is 1.60. The van der Waals surface area contributed by atoms with Gasteiger partial charge in [-0.3, -0.25) is 4.57 Å². The van der Waals surface area contributed by atoms with Crippen LogP contribution in [-0.2, 0) is 19.8 Å². The topological polar surface area (TPSA) is 44.8 Å². The molecule has 102 valence electrons. The summed E-state index contributed by atoms with van der Waals surface area (Å²) in [6.07, 6.45) is 0.194. The second kappa shape index (κ2) is 7.29. The summed E-state index contributed by atoms with van der Waals surface area (Å²) in [6.45, 7) is 4.29. The van der Waals surface area contributed by atoms with Crippen LogP contribution in [0.15, 0.2) is 22.7 Å². The van der Waals surface area contributed by atoms with E-state index < -0.39 is 7.60 Å². The number of hydrogen-bond acceptors (Lipinski definition) is 4. The molecular formula is C12H18BrO4P. The Morgan fingerprint density at radius 1 is 1.22 bits per heavy atom. The lowest BCUT2D eigenvalue weighted by Gasteiger charge is -2.19. The van der Waals surface area contributed by atoms with Crippen LogP contribution in [0.3, 0.4) is 0 Å². The van der Waals surface area contributed by atoms with E-state index in [0.29, 0.717) is 19.0 Å². The van der Waals surface area contributed by atoms with Crippen molar-refractivity contribution in [2.75, 3.05) is 20.3 Å². The Morgan fingerprint density at radius 3 is 2.33 bits per heavy atom. The van der Waals surface area contributed by atoms with E-state index in [1.807, 2.05) is 18.2 Å². The summed E-state index contributed by atoms with van der Waals surface area (Å²) in [4.78, 5) is 0. The van der Waals surface area contributed by atoms with Crippen LogP contribution in [0.5, 0.6) is 5.75 Å². The van der Waals surface area contributed by atoms with Crippen molar-refractivity contribution >= 4 is 23.5 Å². The highest BCUT2D eigenvalue weighted by Gasteiger charge is 2.27. The van der Waals surface area contributed by atoms with Crippen LogP contribution in [0.25, 0.3) is 0 Å². The van der Waals surface area contributed by atoms with Crippen LogP contribution in [-0.4, -0.2) is 20.3 Å². The molecule has 0 N–H and O–H groups in total. The molecule has 6 heteroatoms. The molecule has 0 amide bonds. The minimum Gasteiger partial charge on any atom is -0.496 e. The van der Waals surface area contributed by atoms with Crippen LogP contribution >= 0.6 is 23.5 Å². The zero-order chi connectivity index (χ0) is 13.6. The van der Waals surface area contributed by atoms with E-state index in [1.54, 1.807) is 21.0 Å². The van der Waals surface area contributed by atoms with Gasteiger partial charge in [-0.25, -0.2) is 0 Å². The average Bonchev–Trinajstić information content (AvgIpc) is 2.32. The molecule has 0 radical (unpaired) electrons. The minimum atomic E-state index is -3.12. The standard InChI is InChI=1S/C12H18BrO4P/c1-4-16-18(14,17-5-2)9-10-11(13)7-6-8-12(10)15-3/h6-8H,4-5,9H2,1-3H3. The Bertz CT molecular complexity index is 426. The fourth-order valence-corrected chi connectivity index (χ4v) is 4.06. The molecule has 0 aromatic heterocycles. The van der Waals surface area contributed by atoms with E-state index in [4.69, 9.17) is 13.8 Å². The van der Waals surface area contributed by atoms with Gasteiger partial charge in [0.05, 0.1) is 26.5 Å². The molecule has 18 heavy (non-hydrogen) atoms. The van der Waals surface area contributed by atoms with Crippen LogP contribution in [0.4, 0.5) is 0 Å². The first kappa shape index (κ1) is 15.7. The van der Waals surface area contributed by atoms with Crippen LogP contribution in [0.1, 0.15) is 19.4 Å². The smallest absolute Gasteiger partial charge is 0.335 e. The van der Waals surface area contributed by atoms with E-state index in [9.17, 15) is 4.57 Å². The van der Waals surface area contributed by atoms with Crippen molar-refractivity contribution in [2.24, 2.45) is 0 Å². The number of rotatable bonds is 7. The highest BCUT2D eigenvalue weighted by molar-refractivity contribution is 9.10. The zero-order valence-electron chi connectivity index (χ0n) is 10.8. The van der Waals surface area contributed by atoms with Crippen molar-refractivity contribution in [1.29, 1.82) is 0 Å². The first-order valence-corrected chi connectivity index (χ1v) is 8.28. The van der Waals surface area contributed by atoms with E-state index in [1.165, 1.54) is 0 Å². The lowest BCUT2D eigenvalue weighted by Crippen LogP contribution is -2.01. The number of benzene rings is 1. The summed E-state index contributed by atoms with van der Waals surface area (Å²) in [5.74, 6) is 0.670. The predicted octanol–water partition coefficient (Wildman–Crippen LogP) is 4.22. The largest absolute Gasteiger partial charge is 0.496 e. The van der Waals surface area contributed by atoms with E-state index in [-0.39, 0.29) is 6.16 Å². The summed E-state index contributed by atoms with van der Waals surface area (Å²) < 4.78 is 29.2. The summed E-state index contributed by atoms with van der Waals surface area (Å²) in [6, 6.07) is 5.56. The van der Waals surface area contributed by atoms with Gasteiger partial charge in [0.1, 0.15) is 5.75 Å². The molecule has 0 aliphatic carbocycles. The molecule has 0 spiro atoms. The Morgan fingerprint density at radius 2 is 1.83 bits per heavy atom. The van der Waals surface area contributed by atoms with Gasteiger partial charge in [0, 0.05) is 10.0 Å². The third-order valence-corrected chi connectivity index (χ3v) is 5.05. The number of halogens is 1. The van der Waals surface area contributed by atoms with E-state index >= 15 is 0 Å². The number of ether oxygens (including phenoxy) is 1. The molecule has 0 aliphatic rings. The zero-order valence-corrected chi connectivity index (χ0v) is 13.3. The summed E-state index contributed by atoms with van der Waals surface area (Å²) in [5, 5.41) is 0. The summed E-state index contributed by atoms with van der Waals surface area (Å²) in [7, 11) is -1.54. The minimum absolute atomic E-state index is 0.194. The molecule has 0 saturated carbocycles. The van der Waals surface area contributed by atoms with E-state index in [2.05, 4.69) is 15.9 Å². The Balaban J connectivity index is 3.03. The van der Waals surface area contributed by atoms with E-state index in [0.717, 1.165) is 10.0 Å². The van der Waals surface area contributed by atoms with Crippen molar-refractivity contribution in [1.82, 2.24) is 0 Å². The molecule has 0 fully saturated rings. The first-order chi connectivity index (χ1) is 8.56. The van der Waals surface area contributed by atoms with Crippen molar-refractivity contribution in [3.05, 3.63) is 28.2 Å². The molecule has 0 unspecified atom stereocenters. The maximum atomic E-state index is 12.5. The van der Waals surface area contributed by atoms with Crippen molar-refractivity contribution < 1.29 is 18.3 Å². The van der Waals surface area contributed by atoms with Crippen molar-refractivity contribution in [2.45, 2.75) is 20.0 Å². The van der Waals surface area contributed by atoms with Crippen molar-refractivity contribution in [3.63, 3.8) is 0 Å². The molecule has 4 nitrogen and oxygen atoms in total. The molecule has 0 saturated heterocycles. The number of hydrogen-bond donors (Lipinski definition) is 0. The van der Waals surface area contributed by atoms with Gasteiger partial charge in [0.15, 0.2) is 0 Å². The lowest BCUT2D eigenvalue weighted by molar-refractivity contribution is 0.219. The van der Waals surface area contributed by atoms with Gasteiger partial charge in [0.2, 0.25) is 0 Å². The van der Waals surface area contributed by atoms with Gasteiger partial charge in [-0.05, 0) is 26.0 Å². The van der Waals surface area contributed by atoms with Gasteiger partial charge >= 0.3 is 7.60 Å². The normalized spacial score (nSPS) is 11.6. The molecule has 1 rings (SSSR count). The highest BCUT2D eigenvalue weighted by Crippen LogP contribution is 2.53. The highest BCUT2D eigenvalue weighted by atomic mass is 79.9. The maximum Gasteiger partial charge on any atom is 0.335 e. The second-order valence-corrected chi connectivity index (χ2v) is 6.43. The Hall–Kier alpha value is -0.350. The van der Waals surface area contributed by atoms with Gasteiger partial charge in [-0.15, -0.1) is 0 Å². The Labute approximate surface area is 116 Å². The molecule has 0 heterocycles. The SMILES string of the molecule is CCOP(=O)(Cc1c(Br)cccc1OC)OCC. The van der Waals surface area contributed by atoms with Crippen LogP contribution < -0.4 is 4.74 Å². The fraction of sp³-hybridized carbons (Fsp3) is 0.500. The van der Waals surface area contributed by atoms with Gasteiger partial charge in [0.25, 0.3) is 0 Å². The maximum absolute atomic E-state index is 12.5. The number of methoxy groups -OCH3 is 1. The summed E-state index contributed by atoms with van der Waals surface area (Å²) in [5.41, 5.74) is 0.797. The molecule has 0 aliphatic heterocycles.